The molecule has 1 spiro atoms. The molecule has 0 aromatic carbocycles. The first-order valence-electron chi connectivity index (χ1n) is 8.19. The predicted octanol–water partition coefficient (Wildman–Crippen LogP) is 3.03. The molecule has 1 N–H and O–H groups in total. The maximum absolute atomic E-state index is 3.87. The first-order valence-corrected chi connectivity index (χ1v) is 8.19. The molecule has 0 aromatic rings. The van der Waals surface area contributed by atoms with E-state index in [1.807, 2.05) is 0 Å². The fourth-order valence-corrected chi connectivity index (χ4v) is 4.69. The van der Waals surface area contributed by atoms with Crippen molar-refractivity contribution in [3.63, 3.8) is 0 Å². The van der Waals surface area contributed by atoms with Gasteiger partial charge < -0.3 is 5.32 Å². The molecule has 3 fully saturated rings. The molecule has 0 bridgehead atoms. The minimum absolute atomic E-state index is 0.488. The fraction of sp³-hybridized carbons (Fsp3) is 1.00. The van der Waals surface area contributed by atoms with Gasteiger partial charge in [0.1, 0.15) is 0 Å². The number of nitrogens with zero attached hydrogens (tertiary/aromatic N) is 1. The summed E-state index contributed by atoms with van der Waals surface area (Å²) in [6.07, 6.45) is 10.1. The number of nitrogens with one attached hydrogen (secondary N) is 1. The zero-order chi connectivity index (χ0) is 12.6. The van der Waals surface area contributed by atoms with E-state index in [4.69, 9.17) is 0 Å². The summed E-state index contributed by atoms with van der Waals surface area (Å²) in [5.74, 6) is 1.84. The van der Waals surface area contributed by atoms with E-state index < -0.39 is 0 Å². The van der Waals surface area contributed by atoms with Crippen LogP contribution in [0.25, 0.3) is 0 Å². The lowest BCUT2D eigenvalue weighted by Gasteiger charge is -2.48. The van der Waals surface area contributed by atoms with Crippen molar-refractivity contribution in [2.24, 2.45) is 11.8 Å². The lowest BCUT2D eigenvalue weighted by Crippen LogP contribution is -2.63. The van der Waals surface area contributed by atoms with E-state index in [9.17, 15) is 0 Å². The lowest BCUT2D eigenvalue weighted by atomic mass is 9.79. The molecule has 2 nitrogen and oxygen atoms in total. The average molecular weight is 250 g/mol. The van der Waals surface area contributed by atoms with Crippen LogP contribution >= 0.6 is 0 Å². The van der Waals surface area contributed by atoms with Crippen LogP contribution in [0.15, 0.2) is 0 Å². The summed E-state index contributed by atoms with van der Waals surface area (Å²) in [5.41, 5.74) is 0.488. The maximum Gasteiger partial charge on any atom is 0.0309 e. The summed E-state index contributed by atoms with van der Waals surface area (Å²) >= 11 is 0. The fourth-order valence-electron chi connectivity index (χ4n) is 4.69. The third-order valence-corrected chi connectivity index (χ3v) is 6.11. The molecule has 0 radical (unpaired) electrons. The number of hydrogen-bond acceptors (Lipinski definition) is 2. The highest BCUT2D eigenvalue weighted by Gasteiger charge is 2.41. The molecule has 1 aliphatic heterocycles. The van der Waals surface area contributed by atoms with Crippen molar-refractivity contribution < 1.29 is 0 Å². The van der Waals surface area contributed by atoms with Crippen LogP contribution in [-0.4, -0.2) is 36.1 Å². The Morgan fingerprint density at radius 2 is 1.83 bits per heavy atom. The molecule has 3 atom stereocenters. The summed E-state index contributed by atoms with van der Waals surface area (Å²) in [4.78, 5) is 2.84. The second-order valence-corrected chi connectivity index (χ2v) is 7.22. The van der Waals surface area contributed by atoms with Gasteiger partial charge in [-0.25, -0.2) is 0 Å². The van der Waals surface area contributed by atoms with Gasteiger partial charge in [-0.2, -0.15) is 0 Å². The van der Waals surface area contributed by atoms with Gasteiger partial charge in [0.25, 0.3) is 0 Å². The Labute approximate surface area is 113 Å². The molecule has 3 unspecified atom stereocenters. The van der Waals surface area contributed by atoms with Crippen LogP contribution in [0.5, 0.6) is 0 Å². The van der Waals surface area contributed by atoms with Crippen molar-refractivity contribution in [3.8, 4) is 0 Å². The van der Waals surface area contributed by atoms with E-state index in [0.717, 1.165) is 17.9 Å². The number of rotatable bonds is 1. The Hall–Kier alpha value is -0.0800. The average Bonchev–Trinajstić information content (AvgIpc) is 2.71. The van der Waals surface area contributed by atoms with E-state index >= 15 is 0 Å². The second-order valence-electron chi connectivity index (χ2n) is 7.22. The van der Waals surface area contributed by atoms with E-state index in [1.54, 1.807) is 0 Å². The lowest BCUT2D eigenvalue weighted by molar-refractivity contribution is 0.0536. The monoisotopic (exact) mass is 250 g/mol. The van der Waals surface area contributed by atoms with Crippen molar-refractivity contribution in [2.75, 3.05) is 19.6 Å². The summed E-state index contributed by atoms with van der Waals surface area (Å²) in [7, 11) is 0. The standard InChI is InChI=1S/C16H30N2/c1-13-6-7-15(14(13)2)18-11-10-17-16(12-18)8-4-3-5-9-16/h13-15,17H,3-12H2,1-2H3. The highest BCUT2D eigenvalue weighted by atomic mass is 15.2. The Morgan fingerprint density at radius 3 is 2.50 bits per heavy atom. The van der Waals surface area contributed by atoms with E-state index in [2.05, 4.69) is 24.1 Å². The zero-order valence-corrected chi connectivity index (χ0v) is 12.3. The third-order valence-electron chi connectivity index (χ3n) is 6.11. The highest BCUT2D eigenvalue weighted by Crippen LogP contribution is 2.38. The van der Waals surface area contributed by atoms with Gasteiger partial charge in [0.2, 0.25) is 0 Å². The van der Waals surface area contributed by atoms with E-state index in [0.29, 0.717) is 5.54 Å². The molecule has 2 heteroatoms. The summed E-state index contributed by atoms with van der Waals surface area (Å²) in [6, 6.07) is 0.876. The summed E-state index contributed by atoms with van der Waals surface area (Å²) in [5, 5.41) is 3.87. The van der Waals surface area contributed by atoms with Crippen molar-refractivity contribution in [3.05, 3.63) is 0 Å². The quantitative estimate of drug-likeness (QED) is 0.769. The van der Waals surface area contributed by atoms with Gasteiger partial charge in [0.15, 0.2) is 0 Å². The summed E-state index contributed by atoms with van der Waals surface area (Å²) < 4.78 is 0. The first-order chi connectivity index (χ1) is 8.70. The Kier molecular flexibility index (Phi) is 3.68. The largest absolute Gasteiger partial charge is 0.309 e. The molecular formula is C16H30N2. The summed E-state index contributed by atoms with van der Waals surface area (Å²) in [6.45, 7) is 8.76. The van der Waals surface area contributed by atoms with Gasteiger partial charge in [0, 0.05) is 31.2 Å². The van der Waals surface area contributed by atoms with Crippen molar-refractivity contribution in [1.82, 2.24) is 10.2 Å². The normalized spacial score (nSPS) is 41.3. The van der Waals surface area contributed by atoms with Gasteiger partial charge in [-0.3, -0.25) is 4.90 Å². The SMILES string of the molecule is CC1CCC(N2CCNC3(CCCCC3)C2)C1C. The number of hydrogen-bond donors (Lipinski definition) is 1. The minimum Gasteiger partial charge on any atom is -0.309 e. The third kappa shape index (κ3) is 2.34. The van der Waals surface area contributed by atoms with Crippen LogP contribution in [0.2, 0.25) is 0 Å². The van der Waals surface area contributed by atoms with Gasteiger partial charge in [0.05, 0.1) is 0 Å². The van der Waals surface area contributed by atoms with E-state index in [1.165, 1.54) is 64.6 Å². The van der Waals surface area contributed by atoms with Crippen molar-refractivity contribution in [1.29, 1.82) is 0 Å². The van der Waals surface area contributed by atoms with Crippen LogP contribution < -0.4 is 5.32 Å². The molecule has 3 aliphatic rings. The molecular weight excluding hydrogens is 220 g/mol. The Balaban J connectivity index is 1.66. The molecule has 18 heavy (non-hydrogen) atoms. The topological polar surface area (TPSA) is 15.3 Å². The van der Waals surface area contributed by atoms with Gasteiger partial charge >= 0.3 is 0 Å². The molecule has 104 valence electrons. The molecule has 2 saturated carbocycles. The molecule has 2 aliphatic carbocycles. The minimum atomic E-state index is 0.488. The smallest absolute Gasteiger partial charge is 0.0309 e. The Morgan fingerprint density at radius 1 is 1.06 bits per heavy atom. The maximum atomic E-state index is 3.87. The van der Waals surface area contributed by atoms with Crippen LogP contribution in [-0.2, 0) is 0 Å². The molecule has 3 rings (SSSR count). The van der Waals surface area contributed by atoms with Crippen LogP contribution in [0.3, 0.4) is 0 Å². The molecule has 1 heterocycles. The molecule has 0 aromatic heterocycles. The van der Waals surface area contributed by atoms with Crippen LogP contribution in [0.1, 0.15) is 58.8 Å². The van der Waals surface area contributed by atoms with Gasteiger partial charge in [-0.15, -0.1) is 0 Å². The molecule has 1 saturated heterocycles. The van der Waals surface area contributed by atoms with Crippen molar-refractivity contribution >= 4 is 0 Å². The highest BCUT2D eigenvalue weighted by molar-refractivity contribution is 5.00. The Bertz CT molecular complexity index is 277. The van der Waals surface area contributed by atoms with Crippen molar-refractivity contribution in [2.45, 2.75) is 70.4 Å². The number of piperazine rings is 1. The van der Waals surface area contributed by atoms with Crippen LogP contribution in [0, 0.1) is 11.8 Å². The van der Waals surface area contributed by atoms with Gasteiger partial charge in [-0.05, 0) is 37.5 Å². The second kappa shape index (κ2) is 5.13. The van der Waals surface area contributed by atoms with Gasteiger partial charge in [-0.1, -0.05) is 33.1 Å². The van der Waals surface area contributed by atoms with E-state index in [-0.39, 0.29) is 0 Å². The first kappa shape index (κ1) is 12.9. The molecule has 0 amide bonds. The predicted molar refractivity (Wildman–Crippen MR) is 76.7 cm³/mol. The van der Waals surface area contributed by atoms with Crippen LogP contribution in [0.4, 0.5) is 0 Å². The zero-order valence-electron chi connectivity index (χ0n) is 12.3.